The maximum Gasteiger partial charge on any atom is 0.0150 e. The number of hydrogen-bond acceptors (Lipinski definition) is 0. The van der Waals surface area contributed by atoms with Gasteiger partial charge in [0.25, 0.3) is 0 Å². The van der Waals surface area contributed by atoms with Gasteiger partial charge in [-0.1, -0.05) is 19.8 Å². The second kappa shape index (κ2) is 4.34. The summed E-state index contributed by atoms with van der Waals surface area (Å²) in [6.45, 7) is 6.59. The fraction of sp³-hybridized carbons (Fsp3) is 0.636. The lowest BCUT2D eigenvalue weighted by Gasteiger charge is -2.00. The lowest BCUT2D eigenvalue weighted by atomic mass is 10.0. The van der Waals surface area contributed by atoms with Gasteiger partial charge in [-0.05, 0) is 37.8 Å². The van der Waals surface area contributed by atoms with Gasteiger partial charge in [0.2, 0.25) is 0 Å². The Morgan fingerprint density at radius 2 is 2.00 bits per heavy atom. The van der Waals surface area contributed by atoms with E-state index >= 15 is 0 Å². The van der Waals surface area contributed by atoms with Gasteiger partial charge < -0.3 is 4.98 Å². The van der Waals surface area contributed by atoms with E-state index in [1.54, 1.807) is 0 Å². The van der Waals surface area contributed by atoms with Crippen LogP contribution in [0, 0.1) is 13.8 Å². The van der Waals surface area contributed by atoms with Crippen molar-refractivity contribution in [3.05, 3.63) is 23.0 Å². The van der Waals surface area contributed by atoms with Crippen molar-refractivity contribution >= 4 is 0 Å². The number of nitrogens with one attached hydrogen (secondary N) is 1. The third-order valence-corrected chi connectivity index (χ3v) is 2.46. The van der Waals surface area contributed by atoms with Crippen LogP contribution in [0.2, 0.25) is 0 Å². The number of aromatic nitrogens is 1. The van der Waals surface area contributed by atoms with Crippen LogP contribution in [-0.2, 0) is 6.42 Å². The van der Waals surface area contributed by atoms with Gasteiger partial charge in [0.1, 0.15) is 0 Å². The highest BCUT2D eigenvalue weighted by Gasteiger charge is 2.02. The van der Waals surface area contributed by atoms with Crippen molar-refractivity contribution in [3.63, 3.8) is 0 Å². The van der Waals surface area contributed by atoms with Crippen molar-refractivity contribution in [1.29, 1.82) is 0 Å². The Morgan fingerprint density at radius 1 is 1.25 bits per heavy atom. The summed E-state index contributed by atoms with van der Waals surface area (Å²) in [6.07, 6.45) is 7.34. The molecule has 0 saturated heterocycles. The van der Waals surface area contributed by atoms with Crippen molar-refractivity contribution in [2.45, 2.75) is 46.5 Å². The molecule has 0 aliphatic rings. The summed E-state index contributed by atoms with van der Waals surface area (Å²) < 4.78 is 0. The number of H-pyrrole nitrogens is 1. The minimum atomic E-state index is 1.25. The number of aromatic amines is 1. The summed E-state index contributed by atoms with van der Waals surface area (Å²) in [7, 11) is 0. The topological polar surface area (TPSA) is 15.8 Å². The zero-order chi connectivity index (χ0) is 8.97. The van der Waals surface area contributed by atoms with Crippen molar-refractivity contribution in [2.75, 3.05) is 0 Å². The minimum Gasteiger partial charge on any atom is -0.365 e. The Kier molecular flexibility index (Phi) is 3.39. The van der Waals surface area contributed by atoms with Gasteiger partial charge in [0, 0.05) is 11.9 Å². The first-order valence-electron chi connectivity index (χ1n) is 4.89. The van der Waals surface area contributed by atoms with E-state index in [1.807, 2.05) is 0 Å². The highest BCUT2D eigenvalue weighted by Crippen LogP contribution is 2.15. The molecule has 0 aromatic carbocycles. The van der Waals surface area contributed by atoms with Crippen LogP contribution in [0.1, 0.15) is 43.0 Å². The summed E-state index contributed by atoms with van der Waals surface area (Å²) >= 11 is 0. The molecule has 1 N–H and O–H groups in total. The van der Waals surface area contributed by atoms with Crippen LogP contribution in [0.15, 0.2) is 6.20 Å². The lowest BCUT2D eigenvalue weighted by molar-refractivity contribution is 0.714. The molecule has 1 aromatic rings. The smallest absolute Gasteiger partial charge is 0.0150 e. The van der Waals surface area contributed by atoms with Crippen LogP contribution >= 0.6 is 0 Å². The van der Waals surface area contributed by atoms with E-state index < -0.39 is 0 Å². The number of aryl methyl sites for hydroxylation is 2. The number of rotatable bonds is 4. The zero-order valence-electron chi connectivity index (χ0n) is 8.41. The van der Waals surface area contributed by atoms with Crippen LogP contribution in [0.25, 0.3) is 0 Å². The van der Waals surface area contributed by atoms with E-state index in [1.165, 1.54) is 42.5 Å². The van der Waals surface area contributed by atoms with Gasteiger partial charge in [0.15, 0.2) is 0 Å². The maximum absolute atomic E-state index is 3.26. The lowest BCUT2D eigenvalue weighted by Crippen LogP contribution is -1.88. The highest BCUT2D eigenvalue weighted by atomic mass is 14.7. The molecule has 68 valence electrons. The van der Waals surface area contributed by atoms with Crippen molar-refractivity contribution < 1.29 is 0 Å². The standard InChI is InChI=1S/C11H19N/c1-4-5-6-7-11-9(2)8-12-10(11)3/h8,12H,4-7H2,1-3H3. The average Bonchev–Trinajstić information content (AvgIpc) is 2.35. The molecule has 0 bridgehead atoms. The molecule has 1 nitrogen and oxygen atoms in total. The Labute approximate surface area is 75.2 Å². The fourth-order valence-electron chi connectivity index (χ4n) is 1.62. The first-order chi connectivity index (χ1) is 5.75. The predicted octanol–water partition coefficient (Wildman–Crippen LogP) is 3.36. The van der Waals surface area contributed by atoms with Gasteiger partial charge in [-0.3, -0.25) is 0 Å². The zero-order valence-corrected chi connectivity index (χ0v) is 8.41. The Bertz CT molecular complexity index is 216. The molecule has 0 aliphatic carbocycles. The average molecular weight is 165 g/mol. The van der Waals surface area contributed by atoms with Crippen LogP contribution in [0.5, 0.6) is 0 Å². The van der Waals surface area contributed by atoms with Crippen LogP contribution in [0.4, 0.5) is 0 Å². The molecular formula is C11H19N. The van der Waals surface area contributed by atoms with Crippen molar-refractivity contribution in [3.8, 4) is 0 Å². The monoisotopic (exact) mass is 165 g/mol. The minimum absolute atomic E-state index is 1.25. The summed E-state index contributed by atoms with van der Waals surface area (Å²) in [6, 6.07) is 0. The Morgan fingerprint density at radius 3 is 2.50 bits per heavy atom. The second-order valence-electron chi connectivity index (χ2n) is 3.53. The van der Waals surface area contributed by atoms with E-state index in [-0.39, 0.29) is 0 Å². The first kappa shape index (κ1) is 9.37. The molecule has 0 radical (unpaired) electrons. The van der Waals surface area contributed by atoms with Crippen molar-refractivity contribution in [1.82, 2.24) is 4.98 Å². The molecule has 1 heterocycles. The molecule has 1 heteroatoms. The quantitative estimate of drug-likeness (QED) is 0.658. The third kappa shape index (κ3) is 2.13. The van der Waals surface area contributed by atoms with Crippen LogP contribution in [-0.4, -0.2) is 4.98 Å². The molecule has 12 heavy (non-hydrogen) atoms. The molecule has 1 rings (SSSR count). The molecule has 0 atom stereocenters. The van der Waals surface area contributed by atoms with Crippen LogP contribution < -0.4 is 0 Å². The molecule has 0 aliphatic heterocycles. The maximum atomic E-state index is 3.26. The van der Waals surface area contributed by atoms with Crippen molar-refractivity contribution in [2.24, 2.45) is 0 Å². The van der Waals surface area contributed by atoms with Gasteiger partial charge in [-0.25, -0.2) is 0 Å². The normalized spacial score (nSPS) is 10.6. The molecular weight excluding hydrogens is 146 g/mol. The van der Waals surface area contributed by atoms with E-state index in [0.29, 0.717) is 0 Å². The molecule has 0 fully saturated rings. The molecule has 0 unspecified atom stereocenters. The SMILES string of the molecule is CCCCCc1c(C)c[nH]c1C. The van der Waals surface area contributed by atoms with Gasteiger partial charge in [-0.15, -0.1) is 0 Å². The number of hydrogen-bond donors (Lipinski definition) is 1. The van der Waals surface area contributed by atoms with Gasteiger partial charge in [-0.2, -0.15) is 0 Å². The summed E-state index contributed by atoms with van der Waals surface area (Å²) in [5.74, 6) is 0. The van der Waals surface area contributed by atoms with Crippen LogP contribution in [0.3, 0.4) is 0 Å². The first-order valence-corrected chi connectivity index (χ1v) is 4.89. The van der Waals surface area contributed by atoms with Gasteiger partial charge >= 0.3 is 0 Å². The third-order valence-electron chi connectivity index (χ3n) is 2.46. The molecule has 0 saturated carbocycles. The summed E-state index contributed by atoms with van der Waals surface area (Å²) in [5.41, 5.74) is 4.30. The van der Waals surface area contributed by atoms with E-state index in [0.717, 1.165) is 0 Å². The Balaban J connectivity index is 2.50. The fourth-order valence-corrected chi connectivity index (χ4v) is 1.62. The summed E-state index contributed by atoms with van der Waals surface area (Å²) in [5, 5.41) is 0. The molecule has 0 amide bonds. The molecule has 1 aromatic heterocycles. The summed E-state index contributed by atoms with van der Waals surface area (Å²) in [4.78, 5) is 3.26. The van der Waals surface area contributed by atoms with E-state index in [2.05, 4.69) is 32.0 Å². The largest absolute Gasteiger partial charge is 0.365 e. The van der Waals surface area contributed by atoms with E-state index in [4.69, 9.17) is 0 Å². The van der Waals surface area contributed by atoms with Gasteiger partial charge in [0.05, 0.1) is 0 Å². The highest BCUT2D eigenvalue weighted by molar-refractivity contribution is 5.28. The number of unbranched alkanes of at least 4 members (excludes halogenated alkanes) is 2. The molecule has 0 spiro atoms. The Hall–Kier alpha value is -0.720. The van der Waals surface area contributed by atoms with E-state index in [9.17, 15) is 0 Å². The predicted molar refractivity (Wildman–Crippen MR) is 53.5 cm³/mol. The second-order valence-corrected chi connectivity index (χ2v) is 3.53.